The van der Waals surface area contributed by atoms with E-state index in [2.05, 4.69) is 92.1 Å². The van der Waals surface area contributed by atoms with Gasteiger partial charge in [0.25, 0.3) is 0 Å². The summed E-state index contributed by atoms with van der Waals surface area (Å²) in [5, 5.41) is 88.1. The van der Waals surface area contributed by atoms with Crippen molar-refractivity contribution in [1.29, 1.82) is 0 Å². The normalized spacial score (nSPS) is 21.4. The summed E-state index contributed by atoms with van der Waals surface area (Å²) in [6.45, 7) is 2.82. The maximum absolute atomic E-state index is 13.5. The zero-order valence-corrected chi connectivity index (χ0v) is 69.9. The van der Waals surface area contributed by atoms with Gasteiger partial charge in [0.2, 0.25) is 5.91 Å². The Morgan fingerprint density at radius 2 is 0.639 bits per heavy atom. The van der Waals surface area contributed by atoms with Crippen molar-refractivity contribution in [2.75, 3.05) is 19.8 Å². The van der Waals surface area contributed by atoms with Crippen LogP contribution in [0.4, 0.5) is 0 Å². The number of hydrogen-bond acceptors (Lipinski definition) is 13. The number of allylic oxidation sites excluding steroid dienone is 12. The summed E-state index contributed by atoms with van der Waals surface area (Å²) < 4.78 is 23.0. The first-order chi connectivity index (χ1) is 53.1. The summed E-state index contributed by atoms with van der Waals surface area (Å²) in [5.74, 6) is -0.198. The third kappa shape index (κ3) is 58.3. The molecule has 9 N–H and O–H groups in total. The smallest absolute Gasteiger partial charge is 0.220 e. The lowest BCUT2D eigenvalue weighted by Crippen LogP contribution is -2.65. The highest BCUT2D eigenvalue weighted by molar-refractivity contribution is 5.76. The van der Waals surface area contributed by atoms with E-state index in [9.17, 15) is 45.6 Å². The molecule has 0 aliphatic carbocycles. The third-order valence-electron chi connectivity index (χ3n) is 22.4. The van der Waals surface area contributed by atoms with Gasteiger partial charge in [-0.2, -0.15) is 0 Å². The average Bonchev–Trinajstić information content (AvgIpc) is 0.789. The van der Waals surface area contributed by atoms with Crippen molar-refractivity contribution in [3.63, 3.8) is 0 Å². The lowest BCUT2D eigenvalue weighted by Gasteiger charge is -2.46. The standard InChI is InChI=1S/C94H173NO13/c1-3-5-7-9-11-13-15-17-19-21-23-25-27-29-31-33-35-37-38-39-40-41-42-43-44-46-48-50-52-54-56-58-60-62-64-66-68-70-72-74-76-78-86(99)95-82(81-105-93-91(104)89(102)92(85(80-97)107-93)108-94-90(103)88(101)87(100)84(79-96)106-94)83(98)77-75-73-71-69-67-65-63-61-59-57-55-53-51-49-47-45-36-34-32-30-28-26-24-22-20-18-16-14-12-10-8-6-4-2/h5,7,11,13,17,19,23,25,29,31,35,37,82-85,87-94,96-98,100-104H,3-4,6,8-10,12,14-16,18,20-22,24,26-28,30,32-34,36,38-81H2,1-2H3,(H,95,99)/b7-5-,13-11-,19-17-,25-23-,31-29-,37-35-. The van der Waals surface area contributed by atoms with Crippen LogP contribution in [0.3, 0.4) is 0 Å². The van der Waals surface area contributed by atoms with Crippen molar-refractivity contribution < 1.29 is 64.6 Å². The Kier molecular flexibility index (Phi) is 72.4. The topological polar surface area (TPSA) is 228 Å². The summed E-state index contributed by atoms with van der Waals surface area (Å²) in [5.41, 5.74) is 0. The van der Waals surface area contributed by atoms with Crippen molar-refractivity contribution >= 4 is 5.91 Å². The Bertz CT molecular complexity index is 2100. The molecule has 0 saturated carbocycles. The minimum atomic E-state index is -1.78. The molecule has 0 bridgehead atoms. The number of nitrogens with one attached hydrogen (secondary N) is 1. The van der Waals surface area contributed by atoms with Crippen LogP contribution in [-0.4, -0.2) is 140 Å². The van der Waals surface area contributed by atoms with Gasteiger partial charge in [0.15, 0.2) is 12.6 Å². The van der Waals surface area contributed by atoms with Crippen LogP contribution in [0.2, 0.25) is 0 Å². The molecule has 0 spiro atoms. The quantitative estimate of drug-likeness (QED) is 0.0204. The molecule has 0 aromatic heterocycles. The predicted octanol–water partition coefficient (Wildman–Crippen LogP) is 22.8. The van der Waals surface area contributed by atoms with Crippen LogP contribution in [0.15, 0.2) is 72.9 Å². The molecule has 108 heavy (non-hydrogen) atoms. The number of aliphatic hydroxyl groups is 8. The van der Waals surface area contributed by atoms with Crippen LogP contribution in [-0.2, 0) is 23.7 Å². The summed E-state index contributed by atoms with van der Waals surface area (Å²) in [4.78, 5) is 13.5. The maximum Gasteiger partial charge on any atom is 0.220 e. The van der Waals surface area contributed by atoms with Gasteiger partial charge in [-0.1, -0.05) is 427 Å². The molecule has 1 amide bonds. The molecule has 2 rings (SSSR count). The van der Waals surface area contributed by atoms with Gasteiger partial charge >= 0.3 is 0 Å². The van der Waals surface area contributed by atoms with Gasteiger partial charge in [-0.15, -0.1) is 0 Å². The van der Waals surface area contributed by atoms with Gasteiger partial charge in [-0.3, -0.25) is 4.79 Å². The molecular formula is C94H173NO13. The maximum atomic E-state index is 13.5. The largest absolute Gasteiger partial charge is 0.394 e. The number of ether oxygens (including phenoxy) is 4. The number of amides is 1. The number of hydrogen-bond donors (Lipinski definition) is 9. The zero-order chi connectivity index (χ0) is 77.9. The summed E-state index contributed by atoms with van der Waals surface area (Å²) >= 11 is 0. The Morgan fingerprint density at radius 3 is 0.981 bits per heavy atom. The average molecular weight is 1530 g/mol. The molecule has 0 aromatic carbocycles. The highest BCUT2D eigenvalue weighted by Crippen LogP contribution is 2.31. The highest BCUT2D eigenvalue weighted by Gasteiger charge is 2.51. The number of carbonyl (C=O) groups excluding carboxylic acids is 1. The van der Waals surface area contributed by atoms with Crippen molar-refractivity contribution in [2.24, 2.45) is 0 Å². The Morgan fingerprint density at radius 1 is 0.343 bits per heavy atom. The van der Waals surface area contributed by atoms with Crippen LogP contribution in [0.25, 0.3) is 0 Å². The van der Waals surface area contributed by atoms with Crippen molar-refractivity contribution in [3.05, 3.63) is 72.9 Å². The fraction of sp³-hybridized carbons (Fsp3) is 0.862. The zero-order valence-electron chi connectivity index (χ0n) is 69.9. The summed E-state index contributed by atoms with van der Waals surface area (Å²) in [7, 11) is 0. The second-order valence-corrected chi connectivity index (χ2v) is 32.4. The second kappa shape index (κ2) is 77.0. The van der Waals surface area contributed by atoms with E-state index < -0.39 is 86.8 Å². The van der Waals surface area contributed by atoms with Gasteiger partial charge in [0, 0.05) is 6.42 Å². The highest BCUT2D eigenvalue weighted by atomic mass is 16.7. The molecule has 632 valence electrons. The number of unbranched alkanes of at least 4 members (excludes halogenated alkanes) is 54. The summed E-state index contributed by atoms with van der Waals surface area (Å²) in [6, 6.07) is -0.832. The molecule has 14 heteroatoms. The van der Waals surface area contributed by atoms with Crippen LogP contribution < -0.4 is 5.32 Å². The van der Waals surface area contributed by atoms with Crippen LogP contribution in [0, 0.1) is 0 Å². The van der Waals surface area contributed by atoms with Crippen molar-refractivity contribution in [2.45, 2.75) is 498 Å². The second-order valence-electron chi connectivity index (χ2n) is 32.4. The minimum absolute atomic E-state index is 0.198. The molecule has 12 unspecified atom stereocenters. The van der Waals surface area contributed by atoms with E-state index >= 15 is 0 Å². The number of rotatable bonds is 79. The molecule has 0 aromatic rings. The molecule has 0 radical (unpaired) electrons. The van der Waals surface area contributed by atoms with Gasteiger partial charge in [0.1, 0.15) is 48.8 Å². The molecule has 2 fully saturated rings. The van der Waals surface area contributed by atoms with Crippen LogP contribution >= 0.6 is 0 Å². The molecule has 2 heterocycles. The van der Waals surface area contributed by atoms with E-state index in [-0.39, 0.29) is 12.5 Å². The molecule has 2 saturated heterocycles. The Balaban J connectivity index is 1.54. The van der Waals surface area contributed by atoms with Gasteiger partial charge in [-0.05, 0) is 64.2 Å². The van der Waals surface area contributed by atoms with Crippen molar-refractivity contribution in [1.82, 2.24) is 5.32 Å². The predicted molar refractivity (Wildman–Crippen MR) is 452 cm³/mol. The van der Waals surface area contributed by atoms with Crippen LogP contribution in [0.5, 0.6) is 0 Å². The molecule has 14 nitrogen and oxygen atoms in total. The molecule has 2 aliphatic heterocycles. The van der Waals surface area contributed by atoms with Crippen LogP contribution in [0.1, 0.15) is 425 Å². The third-order valence-corrected chi connectivity index (χ3v) is 22.4. The fourth-order valence-electron chi connectivity index (χ4n) is 15.3. The molecule has 2 aliphatic rings. The monoisotopic (exact) mass is 1520 g/mol. The van der Waals surface area contributed by atoms with Gasteiger partial charge in [-0.25, -0.2) is 0 Å². The van der Waals surface area contributed by atoms with E-state index in [1.165, 1.54) is 308 Å². The molecule has 12 atom stereocenters. The first-order valence-corrected chi connectivity index (χ1v) is 46.2. The van der Waals surface area contributed by atoms with E-state index in [1.807, 2.05) is 0 Å². The first kappa shape index (κ1) is 102. The molecular weight excluding hydrogens is 1350 g/mol. The number of carbonyl (C=O) groups is 1. The number of aliphatic hydroxyl groups excluding tert-OH is 8. The fourth-order valence-corrected chi connectivity index (χ4v) is 15.3. The lowest BCUT2D eigenvalue weighted by molar-refractivity contribution is -0.359. The van der Waals surface area contributed by atoms with Crippen molar-refractivity contribution in [3.8, 4) is 0 Å². The lowest BCUT2D eigenvalue weighted by atomic mass is 9.97. The van der Waals surface area contributed by atoms with Gasteiger partial charge < -0.3 is 65.1 Å². The van der Waals surface area contributed by atoms with E-state index in [1.54, 1.807) is 0 Å². The summed E-state index contributed by atoms with van der Waals surface area (Å²) in [6.07, 6.45) is 91.3. The van der Waals surface area contributed by atoms with E-state index in [4.69, 9.17) is 18.9 Å². The van der Waals surface area contributed by atoms with E-state index in [0.717, 1.165) is 89.9 Å². The minimum Gasteiger partial charge on any atom is -0.394 e. The Hall–Kier alpha value is -2.57. The Labute approximate surface area is 663 Å². The van der Waals surface area contributed by atoms with E-state index in [0.29, 0.717) is 12.8 Å². The SMILES string of the molecule is CC/C=C\C/C=C\C/C=C\C/C=C\C/C=C\C/C=C\CCCCCCCCCCCCCCCCCCCCCCCCC(=O)NC(COC1OC(CO)C(OC2OC(CO)C(O)C(O)C2O)C(O)C1O)C(O)CCCCCCCCCCCCCCCCCCCCCCCCCCCCCCCCCCC. The van der Waals surface area contributed by atoms with Gasteiger partial charge in [0.05, 0.1) is 32.0 Å². The first-order valence-electron chi connectivity index (χ1n) is 46.2.